The predicted molar refractivity (Wildman–Crippen MR) is 79.3 cm³/mol. The number of aliphatic hydroxyl groups is 1. The highest BCUT2D eigenvalue weighted by Gasteiger charge is 2.20. The minimum Gasteiger partial charge on any atom is -0.479 e. The maximum atomic E-state index is 10.2. The summed E-state index contributed by atoms with van der Waals surface area (Å²) >= 11 is 0. The van der Waals surface area contributed by atoms with Crippen LogP contribution in [-0.2, 0) is 6.54 Å². The Labute approximate surface area is 121 Å². The monoisotopic (exact) mass is 276 g/mol. The standard InChI is InChI=1S/C16H24N2O2/c1-13(2)10-16(3,19)12-18-11-14-5-4-6-15(9-14)20-8-7-17/h4-6,9,13,18-19H,8,10-12H2,1-3H3. The Balaban J connectivity index is 2.44. The van der Waals surface area contributed by atoms with E-state index in [-0.39, 0.29) is 6.61 Å². The van der Waals surface area contributed by atoms with Crippen molar-refractivity contribution >= 4 is 0 Å². The van der Waals surface area contributed by atoms with Crippen molar-refractivity contribution in [1.29, 1.82) is 5.26 Å². The van der Waals surface area contributed by atoms with Gasteiger partial charge in [0.05, 0.1) is 5.60 Å². The van der Waals surface area contributed by atoms with Crippen molar-refractivity contribution in [3.05, 3.63) is 29.8 Å². The third-order valence-electron chi connectivity index (χ3n) is 2.88. The summed E-state index contributed by atoms with van der Waals surface area (Å²) in [6.45, 7) is 7.33. The van der Waals surface area contributed by atoms with Gasteiger partial charge in [-0.15, -0.1) is 0 Å². The highest BCUT2D eigenvalue weighted by Crippen LogP contribution is 2.16. The molecule has 0 spiro atoms. The molecule has 0 aliphatic carbocycles. The number of rotatable bonds is 8. The van der Waals surface area contributed by atoms with Crippen LogP contribution in [0.5, 0.6) is 5.75 Å². The smallest absolute Gasteiger partial charge is 0.174 e. The molecule has 1 aromatic carbocycles. The van der Waals surface area contributed by atoms with Crippen molar-refractivity contribution < 1.29 is 9.84 Å². The van der Waals surface area contributed by atoms with Crippen LogP contribution in [0.4, 0.5) is 0 Å². The number of ether oxygens (including phenoxy) is 1. The molecule has 0 heterocycles. The number of hydrogen-bond donors (Lipinski definition) is 2. The molecule has 2 N–H and O–H groups in total. The van der Waals surface area contributed by atoms with Gasteiger partial charge in [-0.05, 0) is 37.0 Å². The maximum absolute atomic E-state index is 10.2. The van der Waals surface area contributed by atoms with Crippen LogP contribution in [0.1, 0.15) is 32.8 Å². The van der Waals surface area contributed by atoms with Crippen molar-refractivity contribution in [2.24, 2.45) is 5.92 Å². The molecule has 1 unspecified atom stereocenters. The fraction of sp³-hybridized carbons (Fsp3) is 0.562. The lowest BCUT2D eigenvalue weighted by Crippen LogP contribution is -2.38. The van der Waals surface area contributed by atoms with Crippen molar-refractivity contribution in [3.8, 4) is 11.8 Å². The number of hydrogen-bond acceptors (Lipinski definition) is 4. The molecule has 0 saturated carbocycles. The molecule has 0 bridgehead atoms. The summed E-state index contributed by atoms with van der Waals surface area (Å²) in [5.74, 6) is 1.16. The first-order chi connectivity index (χ1) is 9.43. The third kappa shape index (κ3) is 6.55. The Hall–Kier alpha value is -1.57. The van der Waals surface area contributed by atoms with Gasteiger partial charge in [-0.1, -0.05) is 26.0 Å². The quantitative estimate of drug-likeness (QED) is 0.765. The normalized spacial score (nSPS) is 13.8. The molecule has 1 aromatic rings. The molecule has 0 aliphatic rings. The zero-order valence-electron chi connectivity index (χ0n) is 12.5. The van der Waals surface area contributed by atoms with Gasteiger partial charge in [0.15, 0.2) is 6.61 Å². The lowest BCUT2D eigenvalue weighted by Gasteiger charge is -2.25. The average molecular weight is 276 g/mol. The van der Waals surface area contributed by atoms with Crippen molar-refractivity contribution in [1.82, 2.24) is 5.32 Å². The number of benzene rings is 1. The second kappa shape index (κ2) is 7.88. The average Bonchev–Trinajstić information content (AvgIpc) is 2.35. The van der Waals surface area contributed by atoms with Crippen molar-refractivity contribution in [2.75, 3.05) is 13.2 Å². The van der Waals surface area contributed by atoms with E-state index in [9.17, 15) is 5.11 Å². The molecule has 1 atom stereocenters. The molecule has 4 nitrogen and oxygen atoms in total. The fourth-order valence-electron chi connectivity index (χ4n) is 2.29. The SMILES string of the molecule is CC(C)CC(C)(O)CNCc1cccc(OCC#N)c1. The first-order valence-corrected chi connectivity index (χ1v) is 6.95. The predicted octanol–water partition coefficient (Wildman–Crippen LogP) is 2.48. The van der Waals surface area contributed by atoms with Crippen LogP contribution in [0.25, 0.3) is 0 Å². The van der Waals surface area contributed by atoms with Crippen molar-refractivity contribution in [2.45, 2.75) is 39.3 Å². The molecule has 0 aliphatic heterocycles. The van der Waals surface area contributed by atoms with Crippen molar-refractivity contribution in [3.63, 3.8) is 0 Å². The molecule has 0 fully saturated rings. The molecule has 20 heavy (non-hydrogen) atoms. The topological polar surface area (TPSA) is 65.3 Å². The van der Waals surface area contributed by atoms with E-state index in [4.69, 9.17) is 10.00 Å². The van der Waals surface area contributed by atoms with E-state index in [0.29, 0.717) is 24.8 Å². The van der Waals surface area contributed by atoms with Crippen LogP contribution < -0.4 is 10.1 Å². The molecule has 0 saturated heterocycles. The van der Waals surface area contributed by atoms with E-state index < -0.39 is 5.60 Å². The molecule has 0 radical (unpaired) electrons. The number of nitrogens with zero attached hydrogens (tertiary/aromatic N) is 1. The zero-order valence-corrected chi connectivity index (χ0v) is 12.5. The van der Waals surface area contributed by atoms with Gasteiger partial charge in [0.2, 0.25) is 0 Å². The second-order valence-electron chi connectivity index (χ2n) is 5.79. The molecule has 110 valence electrons. The lowest BCUT2D eigenvalue weighted by atomic mass is 9.94. The Bertz CT molecular complexity index is 450. The molecule has 4 heteroatoms. The third-order valence-corrected chi connectivity index (χ3v) is 2.88. The molecular weight excluding hydrogens is 252 g/mol. The van der Waals surface area contributed by atoms with Crippen LogP contribution in [-0.4, -0.2) is 23.9 Å². The van der Waals surface area contributed by atoms with Crippen LogP contribution in [0.15, 0.2) is 24.3 Å². The van der Waals surface area contributed by atoms with E-state index in [1.54, 1.807) is 0 Å². The van der Waals surface area contributed by atoms with Gasteiger partial charge in [0, 0.05) is 13.1 Å². The summed E-state index contributed by atoms with van der Waals surface area (Å²) in [5.41, 5.74) is 0.379. The molecule has 1 rings (SSSR count). The Morgan fingerprint density at radius 2 is 2.20 bits per heavy atom. The largest absolute Gasteiger partial charge is 0.479 e. The zero-order chi connectivity index (χ0) is 15.0. The second-order valence-corrected chi connectivity index (χ2v) is 5.79. The number of nitriles is 1. The number of nitrogens with one attached hydrogen (secondary N) is 1. The molecular formula is C16H24N2O2. The highest BCUT2D eigenvalue weighted by atomic mass is 16.5. The summed E-state index contributed by atoms with van der Waals surface area (Å²) in [7, 11) is 0. The van der Waals surface area contributed by atoms with Crippen LogP contribution in [0.2, 0.25) is 0 Å². The summed E-state index contributed by atoms with van der Waals surface area (Å²) in [5, 5.41) is 22.0. The van der Waals surface area contributed by atoms with Gasteiger partial charge >= 0.3 is 0 Å². The Morgan fingerprint density at radius 3 is 2.85 bits per heavy atom. The van der Waals surface area contributed by atoms with E-state index in [0.717, 1.165) is 12.0 Å². The van der Waals surface area contributed by atoms with Gasteiger partial charge in [-0.2, -0.15) is 5.26 Å². The van der Waals surface area contributed by atoms with E-state index >= 15 is 0 Å². The molecule has 0 aromatic heterocycles. The summed E-state index contributed by atoms with van der Waals surface area (Å²) in [6, 6.07) is 9.57. The van der Waals surface area contributed by atoms with Crippen LogP contribution >= 0.6 is 0 Å². The van der Waals surface area contributed by atoms with Gasteiger partial charge in [-0.3, -0.25) is 0 Å². The highest BCUT2D eigenvalue weighted by molar-refractivity contribution is 5.28. The van der Waals surface area contributed by atoms with Gasteiger partial charge in [0.1, 0.15) is 11.8 Å². The minimum atomic E-state index is -0.691. The first-order valence-electron chi connectivity index (χ1n) is 6.95. The first kappa shape index (κ1) is 16.5. The summed E-state index contributed by atoms with van der Waals surface area (Å²) < 4.78 is 5.26. The Kier molecular flexibility index (Phi) is 6.50. The van der Waals surface area contributed by atoms with E-state index in [1.807, 2.05) is 37.3 Å². The van der Waals surface area contributed by atoms with E-state index in [1.165, 1.54) is 0 Å². The van der Waals surface area contributed by atoms with Gasteiger partial charge in [0.25, 0.3) is 0 Å². The summed E-state index contributed by atoms with van der Waals surface area (Å²) in [6.07, 6.45) is 0.769. The van der Waals surface area contributed by atoms with E-state index in [2.05, 4.69) is 19.2 Å². The lowest BCUT2D eigenvalue weighted by molar-refractivity contribution is 0.0383. The molecule has 0 amide bonds. The van der Waals surface area contributed by atoms with Crippen LogP contribution in [0, 0.1) is 17.2 Å². The maximum Gasteiger partial charge on any atom is 0.174 e. The van der Waals surface area contributed by atoms with Gasteiger partial charge < -0.3 is 15.2 Å². The van der Waals surface area contributed by atoms with Gasteiger partial charge in [-0.25, -0.2) is 0 Å². The Morgan fingerprint density at radius 1 is 1.45 bits per heavy atom. The fourth-order valence-corrected chi connectivity index (χ4v) is 2.29. The summed E-state index contributed by atoms with van der Waals surface area (Å²) in [4.78, 5) is 0. The van der Waals surface area contributed by atoms with Crippen LogP contribution in [0.3, 0.4) is 0 Å². The minimum absolute atomic E-state index is 0.0555.